The van der Waals surface area contributed by atoms with Crippen molar-refractivity contribution < 1.29 is 22.7 Å². The molecule has 1 amide bonds. The monoisotopic (exact) mass is 351 g/mol. The molecular formula is C19H20F3NO2. The zero-order valence-electron chi connectivity index (χ0n) is 14.3. The highest BCUT2D eigenvalue weighted by Gasteiger charge is 2.30. The highest BCUT2D eigenvalue weighted by Crippen LogP contribution is 2.29. The molecule has 0 heterocycles. The summed E-state index contributed by atoms with van der Waals surface area (Å²) in [4.78, 5) is 11.9. The number of benzene rings is 2. The third kappa shape index (κ3) is 5.24. The number of ether oxygens (including phenoxy) is 1. The van der Waals surface area contributed by atoms with Gasteiger partial charge >= 0.3 is 6.18 Å². The molecule has 2 rings (SSSR count). The number of carbonyl (C=O) groups excluding carboxylic acids is 1. The quantitative estimate of drug-likeness (QED) is 0.871. The molecular weight excluding hydrogens is 331 g/mol. The van der Waals surface area contributed by atoms with Crippen molar-refractivity contribution in [2.24, 2.45) is 0 Å². The summed E-state index contributed by atoms with van der Waals surface area (Å²) in [6.45, 7) is 5.63. The molecule has 0 aromatic heterocycles. The van der Waals surface area contributed by atoms with E-state index in [9.17, 15) is 18.0 Å². The van der Waals surface area contributed by atoms with Crippen LogP contribution in [-0.4, -0.2) is 12.5 Å². The third-order valence-corrected chi connectivity index (χ3v) is 3.87. The highest BCUT2D eigenvalue weighted by atomic mass is 19.4. The van der Waals surface area contributed by atoms with Crippen LogP contribution in [0.2, 0.25) is 0 Å². The van der Waals surface area contributed by atoms with Gasteiger partial charge in [-0.2, -0.15) is 13.2 Å². The van der Waals surface area contributed by atoms with E-state index >= 15 is 0 Å². The lowest BCUT2D eigenvalue weighted by molar-refractivity contribution is -0.137. The molecule has 0 aliphatic carbocycles. The summed E-state index contributed by atoms with van der Waals surface area (Å²) in [6, 6.07) is 8.74. The number of amides is 1. The van der Waals surface area contributed by atoms with Gasteiger partial charge in [0.25, 0.3) is 5.91 Å². The van der Waals surface area contributed by atoms with E-state index in [0.29, 0.717) is 11.3 Å². The second kappa shape index (κ2) is 7.59. The van der Waals surface area contributed by atoms with Crippen molar-refractivity contribution in [3.8, 4) is 5.75 Å². The predicted molar refractivity (Wildman–Crippen MR) is 89.4 cm³/mol. The Hall–Kier alpha value is -2.50. The molecule has 0 bridgehead atoms. The Morgan fingerprint density at radius 3 is 2.52 bits per heavy atom. The van der Waals surface area contributed by atoms with Crippen molar-refractivity contribution >= 4 is 5.91 Å². The maximum Gasteiger partial charge on any atom is 0.416 e. The summed E-state index contributed by atoms with van der Waals surface area (Å²) in [5.41, 5.74) is 2.70. The van der Waals surface area contributed by atoms with Crippen molar-refractivity contribution in [2.75, 3.05) is 6.61 Å². The molecule has 0 unspecified atom stereocenters. The van der Waals surface area contributed by atoms with Crippen LogP contribution in [0.3, 0.4) is 0 Å². The first-order valence-electron chi connectivity index (χ1n) is 7.80. The summed E-state index contributed by atoms with van der Waals surface area (Å²) in [5, 5.41) is 2.57. The molecule has 0 aliphatic rings. The van der Waals surface area contributed by atoms with E-state index in [2.05, 4.69) is 5.32 Å². The highest BCUT2D eigenvalue weighted by molar-refractivity contribution is 5.77. The van der Waals surface area contributed by atoms with E-state index in [4.69, 9.17) is 4.74 Å². The van der Waals surface area contributed by atoms with Crippen LogP contribution in [0.1, 0.15) is 27.8 Å². The van der Waals surface area contributed by atoms with Crippen molar-refractivity contribution in [1.82, 2.24) is 5.32 Å². The van der Waals surface area contributed by atoms with Crippen LogP contribution in [0, 0.1) is 20.8 Å². The van der Waals surface area contributed by atoms with E-state index < -0.39 is 17.6 Å². The maximum absolute atomic E-state index is 12.7. The van der Waals surface area contributed by atoms with Crippen LogP contribution in [0.25, 0.3) is 0 Å². The second-order valence-electron chi connectivity index (χ2n) is 5.97. The molecule has 0 saturated carbocycles. The molecule has 25 heavy (non-hydrogen) atoms. The Morgan fingerprint density at radius 2 is 1.84 bits per heavy atom. The molecule has 134 valence electrons. The average molecular weight is 351 g/mol. The van der Waals surface area contributed by atoms with Crippen molar-refractivity contribution in [3.63, 3.8) is 0 Å². The number of halogens is 3. The van der Waals surface area contributed by atoms with Crippen LogP contribution in [0.4, 0.5) is 13.2 Å². The summed E-state index contributed by atoms with van der Waals surface area (Å²) in [7, 11) is 0. The molecule has 0 atom stereocenters. The average Bonchev–Trinajstić information content (AvgIpc) is 2.54. The molecule has 3 nitrogen and oxygen atoms in total. The number of aryl methyl sites for hydroxylation is 2. The van der Waals surface area contributed by atoms with Gasteiger partial charge in [0.2, 0.25) is 0 Å². The Kier molecular flexibility index (Phi) is 5.72. The first-order valence-corrected chi connectivity index (χ1v) is 7.80. The first-order chi connectivity index (χ1) is 11.7. The molecule has 0 fully saturated rings. The lowest BCUT2D eigenvalue weighted by Gasteiger charge is -2.13. The van der Waals surface area contributed by atoms with Crippen LogP contribution >= 0.6 is 0 Å². The minimum atomic E-state index is -4.40. The van der Waals surface area contributed by atoms with Crippen LogP contribution in [0.15, 0.2) is 36.4 Å². The Bertz CT molecular complexity index is 770. The number of rotatable bonds is 5. The van der Waals surface area contributed by atoms with Crippen molar-refractivity contribution in [1.29, 1.82) is 0 Å². The van der Waals surface area contributed by atoms with Gasteiger partial charge in [0, 0.05) is 6.54 Å². The van der Waals surface area contributed by atoms with Gasteiger partial charge in [-0.1, -0.05) is 18.2 Å². The van der Waals surface area contributed by atoms with Gasteiger partial charge in [0.15, 0.2) is 6.61 Å². The minimum absolute atomic E-state index is 0.0118. The number of nitrogens with one attached hydrogen (secondary N) is 1. The van der Waals surface area contributed by atoms with E-state index in [-0.39, 0.29) is 13.2 Å². The fraction of sp³-hybridized carbons (Fsp3) is 0.316. The fourth-order valence-corrected chi connectivity index (χ4v) is 2.40. The van der Waals surface area contributed by atoms with Crippen molar-refractivity contribution in [2.45, 2.75) is 33.5 Å². The molecule has 0 aliphatic heterocycles. The second-order valence-corrected chi connectivity index (χ2v) is 5.97. The minimum Gasteiger partial charge on any atom is -0.483 e. The summed E-state index contributed by atoms with van der Waals surface area (Å²) >= 11 is 0. The fourth-order valence-electron chi connectivity index (χ4n) is 2.40. The maximum atomic E-state index is 12.7. The zero-order chi connectivity index (χ0) is 18.6. The summed E-state index contributed by atoms with van der Waals surface area (Å²) in [5.74, 6) is 0.239. The van der Waals surface area contributed by atoms with E-state index in [1.807, 2.05) is 32.9 Å². The van der Waals surface area contributed by atoms with Crippen LogP contribution in [0.5, 0.6) is 5.75 Å². The number of alkyl halides is 3. The lowest BCUT2D eigenvalue weighted by atomic mass is 10.1. The van der Waals surface area contributed by atoms with Crippen LogP contribution < -0.4 is 10.1 Å². The number of hydrogen-bond acceptors (Lipinski definition) is 2. The van der Waals surface area contributed by atoms with Gasteiger partial charge in [-0.15, -0.1) is 0 Å². The SMILES string of the molecule is Cc1cc(C)c(C)c(OCC(=O)NCc2cccc(C(F)(F)F)c2)c1. The molecule has 2 aromatic carbocycles. The summed E-state index contributed by atoms with van der Waals surface area (Å²) < 4.78 is 43.5. The topological polar surface area (TPSA) is 38.3 Å². The lowest BCUT2D eigenvalue weighted by Crippen LogP contribution is -2.28. The van der Waals surface area contributed by atoms with E-state index in [1.165, 1.54) is 12.1 Å². The van der Waals surface area contributed by atoms with Gasteiger partial charge in [-0.25, -0.2) is 0 Å². The van der Waals surface area contributed by atoms with Crippen LogP contribution in [-0.2, 0) is 17.5 Å². The zero-order valence-corrected chi connectivity index (χ0v) is 14.3. The van der Waals surface area contributed by atoms with E-state index in [0.717, 1.165) is 28.8 Å². The largest absolute Gasteiger partial charge is 0.483 e. The number of hydrogen-bond donors (Lipinski definition) is 1. The molecule has 0 radical (unpaired) electrons. The van der Waals surface area contributed by atoms with Gasteiger partial charge in [-0.3, -0.25) is 4.79 Å². The Morgan fingerprint density at radius 1 is 1.12 bits per heavy atom. The molecule has 6 heteroatoms. The van der Waals surface area contributed by atoms with Crippen molar-refractivity contribution in [3.05, 3.63) is 64.2 Å². The third-order valence-electron chi connectivity index (χ3n) is 3.87. The van der Waals surface area contributed by atoms with Gasteiger partial charge in [-0.05, 0) is 61.2 Å². The standard InChI is InChI=1S/C19H20F3NO2/c1-12-7-13(2)14(3)17(8-12)25-11-18(24)23-10-15-5-4-6-16(9-15)19(20,21)22/h4-9H,10-11H2,1-3H3,(H,23,24). The van der Waals surface area contributed by atoms with Gasteiger partial charge < -0.3 is 10.1 Å². The molecule has 0 spiro atoms. The Balaban J connectivity index is 1.92. The Labute approximate surface area is 144 Å². The van der Waals surface area contributed by atoms with Gasteiger partial charge in [0.05, 0.1) is 5.56 Å². The van der Waals surface area contributed by atoms with Gasteiger partial charge in [0.1, 0.15) is 5.75 Å². The smallest absolute Gasteiger partial charge is 0.416 e. The normalized spacial score (nSPS) is 11.3. The molecule has 0 saturated heterocycles. The molecule has 1 N–H and O–H groups in total. The predicted octanol–water partition coefficient (Wildman–Crippen LogP) is 4.33. The van der Waals surface area contributed by atoms with E-state index in [1.54, 1.807) is 0 Å². The molecule has 2 aromatic rings. The summed E-state index contributed by atoms with van der Waals surface area (Å²) in [6.07, 6.45) is -4.40. The first kappa shape index (κ1) is 18.8. The number of carbonyl (C=O) groups is 1.